The largest absolute Gasteiger partial charge is 0.460 e. The first-order valence-electron chi connectivity index (χ1n) is 6.58. The van der Waals surface area contributed by atoms with Gasteiger partial charge in [0.15, 0.2) is 0 Å². The summed E-state index contributed by atoms with van der Waals surface area (Å²) in [7, 11) is 0. The number of hydrogen-bond donors (Lipinski definition) is 0. The summed E-state index contributed by atoms with van der Waals surface area (Å²) >= 11 is 3.36. The highest BCUT2D eigenvalue weighted by atomic mass is 79.9. The van der Waals surface area contributed by atoms with E-state index in [0.29, 0.717) is 23.1 Å². The van der Waals surface area contributed by atoms with E-state index in [0.717, 1.165) is 5.56 Å². The minimum atomic E-state index is -0.552. The van der Waals surface area contributed by atoms with Gasteiger partial charge in [-0.2, -0.15) is 0 Å². The summed E-state index contributed by atoms with van der Waals surface area (Å²) in [5, 5.41) is 0.672. The van der Waals surface area contributed by atoms with Crippen LogP contribution < -0.4 is 5.43 Å². The van der Waals surface area contributed by atoms with E-state index in [-0.39, 0.29) is 16.4 Å². The molecule has 0 amide bonds. The predicted molar refractivity (Wildman–Crippen MR) is 85.4 cm³/mol. The van der Waals surface area contributed by atoms with Crippen molar-refractivity contribution in [3.63, 3.8) is 0 Å². The van der Waals surface area contributed by atoms with E-state index in [1.165, 1.54) is 6.07 Å². The second kappa shape index (κ2) is 5.82. The van der Waals surface area contributed by atoms with Crippen LogP contribution in [0.5, 0.6) is 0 Å². The monoisotopic (exact) mass is 346 g/mol. The molecule has 0 spiro atoms. The van der Waals surface area contributed by atoms with E-state index in [9.17, 15) is 9.18 Å². The van der Waals surface area contributed by atoms with Crippen LogP contribution in [0.4, 0.5) is 4.39 Å². The molecular weight excluding hydrogens is 335 g/mol. The molecule has 0 radical (unpaired) electrons. The van der Waals surface area contributed by atoms with E-state index in [1.807, 2.05) is 30.3 Å². The van der Waals surface area contributed by atoms with Crippen molar-refractivity contribution >= 4 is 26.9 Å². The maximum Gasteiger partial charge on any atom is 0.203 e. The predicted octanol–water partition coefficient (Wildman–Crippen LogP) is 4.54. The van der Waals surface area contributed by atoms with Crippen LogP contribution in [0.2, 0.25) is 0 Å². The third-order valence-electron chi connectivity index (χ3n) is 3.33. The molecule has 0 saturated carbocycles. The summed E-state index contributed by atoms with van der Waals surface area (Å²) in [4.78, 5) is 12.7. The standard InChI is InChI=1S/C17H12BrFO2/c18-10-9-14-15(11-5-2-1-3-6-11)17(20)16-12(19)7-4-8-13(16)21-14/h1-8H,9-10H2. The first-order chi connectivity index (χ1) is 10.2. The molecule has 3 aromatic rings. The molecule has 0 saturated heterocycles. The van der Waals surface area contributed by atoms with E-state index in [4.69, 9.17) is 4.42 Å². The number of benzene rings is 2. The Morgan fingerprint density at radius 1 is 1.05 bits per heavy atom. The number of alkyl halides is 1. The molecule has 0 fully saturated rings. The van der Waals surface area contributed by atoms with Crippen LogP contribution in [0, 0.1) is 5.82 Å². The third-order valence-corrected chi connectivity index (χ3v) is 3.72. The van der Waals surface area contributed by atoms with Crippen LogP contribution in [-0.4, -0.2) is 5.33 Å². The zero-order chi connectivity index (χ0) is 14.8. The molecule has 2 nitrogen and oxygen atoms in total. The SMILES string of the molecule is O=c1c(-c2ccccc2)c(CCBr)oc2cccc(F)c12. The molecule has 0 atom stereocenters. The van der Waals surface area contributed by atoms with Crippen molar-refractivity contribution in [3.05, 3.63) is 70.3 Å². The molecule has 1 aromatic heterocycles. The Morgan fingerprint density at radius 3 is 2.52 bits per heavy atom. The normalized spacial score (nSPS) is 11.0. The zero-order valence-corrected chi connectivity index (χ0v) is 12.7. The lowest BCUT2D eigenvalue weighted by Gasteiger charge is -2.09. The third kappa shape index (κ3) is 2.51. The average molecular weight is 347 g/mol. The summed E-state index contributed by atoms with van der Waals surface area (Å²) in [6, 6.07) is 13.7. The van der Waals surface area contributed by atoms with Gasteiger partial charge in [-0.15, -0.1) is 0 Å². The van der Waals surface area contributed by atoms with Crippen molar-refractivity contribution in [2.45, 2.75) is 6.42 Å². The molecule has 1 heterocycles. The molecule has 0 N–H and O–H groups in total. The van der Waals surface area contributed by atoms with E-state index >= 15 is 0 Å². The number of fused-ring (bicyclic) bond motifs is 1. The second-order valence-electron chi connectivity index (χ2n) is 4.65. The van der Waals surface area contributed by atoms with Crippen LogP contribution in [0.15, 0.2) is 57.7 Å². The fourth-order valence-corrected chi connectivity index (χ4v) is 2.76. The molecule has 3 rings (SSSR count). The van der Waals surface area contributed by atoms with Crippen molar-refractivity contribution in [1.82, 2.24) is 0 Å². The molecule has 0 unspecified atom stereocenters. The van der Waals surface area contributed by atoms with Crippen molar-refractivity contribution < 1.29 is 8.81 Å². The molecular formula is C17H12BrFO2. The van der Waals surface area contributed by atoms with E-state index in [1.54, 1.807) is 12.1 Å². The highest BCUT2D eigenvalue weighted by Crippen LogP contribution is 2.26. The van der Waals surface area contributed by atoms with Gasteiger partial charge < -0.3 is 4.42 Å². The van der Waals surface area contributed by atoms with Crippen LogP contribution in [0.1, 0.15) is 5.76 Å². The number of hydrogen-bond acceptors (Lipinski definition) is 2. The fourth-order valence-electron chi connectivity index (χ4n) is 2.40. The van der Waals surface area contributed by atoms with Crippen LogP contribution in [0.3, 0.4) is 0 Å². The molecule has 0 aliphatic heterocycles. The summed E-state index contributed by atoms with van der Waals surface area (Å²) < 4.78 is 19.8. The molecule has 2 aromatic carbocycles. The topological polar surface area (TPSA) is 30.2 Å². The Labute approximate surface area is 129 Å². The van der Waals surface area contributed by atoms with Gasteiger partial charge in [0.25, 0.3) is 0 Å². The summed E-state index contributed by atoms with van der Waals surface area (Å²) in [6.07, 6.45) is 0.561. The Kier molecular flexibility index (Phi) is 3.88. The Hall–Kier alpha value is -1.94. The molecule has 21 heavy (non-hydrogen) atoms. The fraction of sp³-hybridized carbons (Fsp3) is 0.118. The number of rotatable bonds is 3. The first kappa shape index (κ1) is 14.0. The minimum absolute atomic E-state index is 0.00896. The van der Waals surface area contributed by atoms with Gasteiger partial charge in [0.05, 0.1) is 5.56 Å². The lowest BCUT2D eigenvalue weighted by atomic mass is 10.0. The van der Waals surface area contributed by atoms with E-state index < -0.39 is 5.82 Å². The number of halogens is 2. The second-order valence-corrected chi connectivity index (χ2v) is 5.44. The van der Waals surface area contributed by atoms with Gasteiger partial charge in [-0.1, -0.05) is 52.3 Å². The van der Waals surface area contributed by atoms with Gasteiger partial charge >= 0.3 is 0 Å². The van der Waals surface area contributed by atoms with Gasteiger partial charge in [0.1, 0.15) is 22.5 Å². The van der Waals surface area contributed by atoms with Gasteiger partial charge in [0, 0.05) is 11.8 Å². The van der Waals surface area contributed by atoms with Crippen molar-refractivity contribution in [2.24, 2.45) is 0 Å². The van der Waals surface area contributed by atoms with E-state index in [2.05, 4.69) is 15.9 Å². The molecule has 106 valence electrons. The lowest BCUT2D eigenvalue weighted by molar-refractivity contribution is 0.543. The Bertz CT molecular complexity index is 841. The summed E-state index contributed by atoms with van der Waals surface area (Å²) in [6.45, 7) is 0. The Morgan fingerprint density at radius 2 is 1.81 bits per heavy atom. The molecule has 4 heteroatoms. The van der Waals surface area contributed by atoms with Crippen LogP contribution >= 0.6 is 15.9 Å². The Balaban J connectivity index is 2.41. The van der Waals surface area contributed by atoms with Crippen molar-refractivity contribution in [1.29, 1.82) is 0 Å². The highest BCUT2D eigenvalue weighted by molar-refractivity contribution is 9.09. The molecule has 0 aliphatic carbocycles. The number of aryl methyl sites for hydroxylation is 1. The molecule has 0 aliphatic rings. The van der Waals surface area contributed by atoms with Gasteiger partial charge in [-0.25, -0.2) is 4.39 Å². The lowest BCUT2D eigenvalue weighted by Crippen LogP contribution is -2.11. The van der Waals surface area contributed by atoms with Gasteiger partial charge in [-0.05, 0) is 17.7 Å². The zero-order valence-electron chi connectivity index (χ0n) is 11.1. The first-order valence-corrected chi connectivity index (χ1v) is 7.70. The maximum absolute atomic E-state index is 14.0. The van der Waals surface area contributed by atoms with Gasteiger partial charge in [0.2, 0.25) is 5.43 Å². The van der Waals surface area contributed by atoms with Crippen molar-refractivity contribution in [3.8, 4) is 11.1 Å². The van der Waals surface area contributed by atoms with Gasteiger partial charge in [-0.3, -0.25) is 4.79 Å². The average Bonchev–Trinajstić information content (AvgIpc) is 2.48. The maximum atomic E-state index is 14.0. The van der Waals surface area contributed by atoms with Crippen LogP contribution in [0.25, 0.3) is 22.1 Å². The van der Waals surface area contributed by atoms with Crippen molar-refractivity contribution in [2.75, 3.05) is 5.33 Å². The minimum Gasteiger partial charge on any atom is -0.460 e. The summed E-state index contributed by atoms with van der Waals surface area (Å²) in [5.74, 6) is 0.0185. The van der Waals surface area contributed by atoms with Crippen LogP contribution in [-0.2, 0) is 6.42 Å². The quantitative estimate of drug-likeness (QED) is 0.652. The summed E-state index contributed by atoms with van der Waals surface area (Å²) in [5.41, 5.74) is 1.15. The highest BCUT2D eigenvalue weighted by Gasteiger charge is 2.17. The molecule has 0 bridgehead atoms. The smallest absolute Gasteiger partial charge is 0.203 e.